The van der Waals surface area contributed by atoms with Crippen molar-refractivity contribution >= 4 is 38.7 Å². The molecule has 9 nitrogen and oxygen atoms in total. The van der Waals surface area contributed by atoms with Crippen molar-refractivity contribution in [2.75, 3.05) is 12.0 Å². The highest BCUT2D eigenvalue weighted by Crippen LogP contribution is 2.28. The first-order valence-electron chi connectivity index (χ1n) is 11.4. The van der Waals surface area contributed by atoms with Gasteiger partial charge in [0.25, 0.3) is 11.8 Å². The van der Waals surface area contributed by atoms with Crippen molar-refractivity contribution in [2.24, 2.45) is 0 Å². The highest BCUT2D eigenvalue weighted by molar-refractivity contribution is 7.90. The first kappa shape index (κ1) is 24.3. The number of carbonyl (C=O) groups is 3. The van der Waals surface area contributed by atoms with Gasteiger partial charge >= 0.3 is 5.97 Å². The molecule has 0 aliphatic carbocycles. The third-order valence-corrected chi connectivity index (χ3v) is 6.97. The Morgan fingerprint density at radius 1 is 0.892 bits per heavy atom. The molecule has 4 aromatic rings. The monoisotopic (exact) mass is 515 g/mol. The maximum atomic E-state index is 13.2. The van der Waals surface area contributed by atoms with E-state index in [1.165, 1.54) is 12.1 Å². The SMILES string of the molecule is CS(=O)(=O)CC[C@@H](C(=O)Oc1ccc(-c2cnc3ccccc3n2)cc1)N1C(=O)c2ccccc2C1=O. The zero-order chi connectivity index (χ0) is 26.2. The average molecular weight is 516 g/mol. The number of nitrogens with zero attached hydrogens (tertiary/aromatic N) is 3. The Morgan fingerprint density at radius 2 is 1.49 bits per heavy atom. The van der Waals surface area contributed by atoms with Crippen LogP contribution >= 0.6 is 0 Å². The highest BCUT2D eigenvalue weighted by atomic mass is 32.2. The van der Waals surface area contributed by atoms with Crippen LogP contribution in [0.2, 0.25) is 0 Å². The van der Waals surface area contributed by atoms with Crippen LogP contribution in [0.4, 0.5) is 0 Å². The Balaban J connectivity index is 1.38. The molecule has 2 amide bonds. The van der Waals surface area contributed by atoms with Gasteiger partial charge in [0.2, 0.25) is 0 Å². The third kappa shape index (κ3) is 4.96. The second kappa shape index (κ2) is 9.55. The number of para-hydroxylation sites is 2. The highest BCUT2D eigenvalue weighted by Gasteiger charge is 2.43. The zero-order valence-electron chi connectivity index (χ0n) is 19.7. The van der Waals surface area contributed by atoms with Crippen LogP contribution in [0.25, 0.3) is 22.3 Å². The summed E-state index contributed by atoms with van der Waals surface area (Å²) in [4.78, 5) is 48.9. The molecule has 0 fully saturated rings. The molecule has 0 saturated heterocycles. The minimum absolute atomic E-state index is 0.158. The molecule has 1 aliphatic heterocycles. The number of carbonyl (C=O) groups excluding carboxylic acids is 3. The van der Waals surface area contributed by atoms with E-state index >= 15 is 0 Å². The number of esters is 1. The van der Waals surface area contributed by atoms with E-state index < -0.39 is 39.4 Å². The van der Waals surface area contributed by atoms with E-state index in [0.717, 1.165) is 27.8 Å². The van der Waals surface area contributed by atoms with E-state index in [1.807, 2.05) is 24.3 Å². The Hall–Kier alpha value is -4.44. The maximum absolute atomic E-state index is 13.2. The number of amides is 2. The molecular weight excluding hydrogens is 494 g/mol. The fourth-order valence-electron chi connectivity index (χ4n) is 4.14. The molecule has 3 aromatic carbocycles. The maximum Gasteiger partial charge on any atom is 0.334 e. The average Bonchev–Trinajstić information content (AvgIpc) is 3.14. The van der Waals surface area contributed by atoms with E-state index in [0.29, 0.717) is 5.69 Å². The number of imide groups is 1. The minimum atomic E-state index is -3.48. The molecule has 5 rings (SSSR count). The van der Waals surface area contributed by atoms with Gasteiger partial charge in [-0.2, -0.15) is 0 Å². The second-order valence-corrected chi connectivity index (χ2v) is 10.9. The first-order chi connectivity index (χ1) is 17.7. The van der Waals surface area contributed by atoms with Crippen molar-refractivity contribution in [3.63, 3.8) is 0 Å². The van der Waals surface area contributed by atoms with Crippen molar-refractivity contribution in [2.45, 2.75) is 12.5 Å². The molecule has 37 heavy (non-hydrogen) atoms. The number of hydrogen-bond donors (Lipinski definition) is 0. The van der Waals surface area contributed by atoms with Crippen LogP contribution in [0.3, 0.4) is 0 Å². The Labute approximate surface area is 212 Å². The molecule has 1 aliphatic rings. The number of ether oxygens (including phenoxy) is 1. The number of rotatable bonds is 7. The molecule has 0 spiro atoms. The zero-order valence-corrected chi connectivity index (χ0v) is 20.5. The predicted octanol–water partition coefficient (Wildman–Crippen LogP) is 3.30. The Morgan fingerprint density at radius 3 is 2.11 bits per heavy atom. The van der Waals surface area contributed by atoms with E-state index in [2.05, 4.69) is 9.97 Å². The lowest BCUT2D eigenvalue weighted by molar-refractivity contribution is -0.138. The first-order valence-corrected chi connectivity index (χ1v) is 13.5. The number of sulfone groups is 1. The van der Waals surface area contributed by atoms with Gasteiger partial charge < -0.3 is 4.74 Å². The largest absolute Gasteiger partial charge is 0.425 e. The minimum Gasteiger partial charge on any atom is -0.425 e. The molecule has 1 atom stereocenters. The molecule has 2 heterocycles. The number of fused-ring (bicyclic) bond motifs is 2. The van der Waals surface area contributed by atoms with Crippen LogP contribution < -0.4 is 4.74 Å². The summed E-state index contributed by atoms with van der Waals surface area (Å²) in [6, 6.07) is 18.8. The summed E-state index contributed by atoms with van der Waals surface area (Å²) < 4.78 is 29.1. The standard InChI is InChI=1S/C27H21N3O6S/c1-37(34,35)15-14-24(30-25(31)19-6-2-3-7-20(19)26(30)32)27(33)36-18-12-10-17(11-13-18)23-16-28-21-8-4-5-9-22(21)29-23/h2-13,16,24H,14-15H2,1H3/t24-/m0/s1. The van der Waals surface area contributed by atoms with Gasteiger partial charge in [0.05, 0.1) is 39.8 Å². The van der Waals surface area contributed by atoms with Gasteiger partial charge in [-0.15, -0.1) is 0 Å². The molecule has 0 saturated carbocycles. The summed E-state index contributed by atoms with van der Waals surface area (Å²) in [5, 5.41) is 0. The summed E-state index contributed by atoms with van der Waals surface area (Å²) in [5.74, 6) is -2.47. The second-order valence-electron chi connectivity index (χ2n) is 8.65. The molecule has 1 aromatic heterocycles. The van der Waals surface area contributed by atoms with E-state index in [1.54, 1.807) is 42.6 Å². The van der Waals surface area contributed by atoms with E-state index in [9.17, 15) is 22.8 Å². The van der Waals surface area contributed by atoms with Crippen LogP contribution in [-0.4, -0.2) is 59.1 Å². The third-order valence-electron chi connectivity index (χ3n) is 5.99. The van der Waals surface area contributed by atoms with Crippen LogP contribution in [0.15, 0.2) is 79.0 Å². The van der Waals surface area contributed by atoms with Gasteiger partial charge in [0.15, 0.2) is 0 Å². The molecule has 186 valence electrons. The van der Waals surface area contributed by atoms with E-state index in [4.69, 9.17) is 4.74 Å². The van der Waals surface area contributed by atoms with Crippen molar-refractivity contribution in [3.05, 3.63) is 90.1 Å². The molecule has 0 N–H and O–H groups in total. The molecule has 0 radical (unpaired) electrons. The lowest BCUT2D eigenvalue weighted by Gasteiger charge is -2.24. The Bertz CT molecular complexity index is 1620. The molecule has 10 heteroatoms. The fourth-order valence-corrected chi connectivity index (χ4v) is 4.79. The van der Waals surface area contributed by atoms with Crippen molar-refractivity contribution in [3.8, 4) is 17.0 Å². The van der Waals surface area contributed by atoms with Crippen molar-refractivity contribution in [1.82, 2.24) is 14.9 Å². The van der Waals surface area contributed by atoms with Gasteiger partial charge in [0, 0.05) is 11.8 Å². The summed E-state index contributed by atoms with van der Waals surface area (Å²) in [6.45, 7) is 0. The number of benzene rings is 3. The van der Waals surface area contributed by atoms with Gasteiger partial charge in [-0.3, -0.25) is 19.5 Å². The van der Waals surface area contributed by atoms with Crippen LogP contribution in [0, 0.1) is 0 Å². The van der Waals surface area contributed by atoms with Crippen molar-refractivity contribution < 1.29 is 27.5 Å². The molecular formula is C27H21N3O6S. The van der Waals surface area contributed by atoms with Crippen molar-refractivity contribution in [1.29, 1.82) is 0 Å². The normalized spacial score (nSPS) is 14.0. The summed E-state index contributed by atoms with van der Waals surface area (Å²) >= 11 is 0. The summed E-state index contributed by atoms with van der Waals surface area (Å²) in [6.07, 6.45) is 2.38. The Kier molecular flexibility index (Phi) is 6.26. The smallest absolute Gasteiger partial charge is 0.334 e. The molecule has 0 unspecified atom stereocenters. The quantitative estimate of drug-likeness (QED) is 0.209. The van der Waals surface area contributed by atoms with Gasteiger partial charge in [0.1, 0.15) is 21.6 Å². The molecule has 0 bridgehead atoms. The van der Waals surface area contributed by atoms with Gasteiger partial charge in [-0.1, -0.05) is 24.3 Å². The van der Waals surface area contributed by atoms with Crippen LogP contribution in [0.5, 0.6) is 5.75 Å². The number of hydrogen-bond acceptors (Lipinski definition) is 8. The van der Waals surface area contributed by atoms with Crippen LogP contribution in [-0.2, 0) is 14.6 Å². The number of aromatic nitrogens is 2. The van der Waals surface area contributed by atoms with Gasteiger partial charge in [-0.25, -0.2) is 18.2 Å². The lowest BCUT2D eigenvalue weighted by Crippen LogP contribution is -2.47. The van der Waals surface area contributed by atoms with Gasteiger partial charge in [-0.05, 0) is 55.0 Å². The van der Waals surface area contributed by atoms with E-state index in [-0.39, 0.29) is 23.3 Å². The summed E-state index contributed by atoms with van der Waals surface area (Å²) in [7, 11) is -3.48. The lowest BCUT2D eigenvalue weighted by atomic mass is 10.1. The fraction of sp³-hybridized carbons (Fsp3) is 0.148. The predicted molar refractivity (Wildman–Crippen MR) is 136 cm³/mol. The topological polar surface area (TPSA) is 124 Å². The van der Waals surface area contributed by atoms with Crippen LogP contribution in [0.1, 0.15) is 27.1 Å². The summed E-state index contributed by atoms with van der Waals surface area (Å²) in [5.41, 5.74) is 3.20.